The van der Waals surface area contributed by atoms with Gasteiger partial charge >= 0.3 is 0 Å². The minimum absolute atomic E-state index is 0.0143. The highest BCUT2D eigenvalue weighted by molar-refractivity contribution is 9.10. The highest BCUT2D eigenvalue weighted by Crippen LogP contribution is 2.16. The summed E-state index contributed by atoms with van der Waals surface area (Å²) in [7, 11) is 0. The number of thiazole rings is 1. The van der Waals surface area contributed by atoms with E-state index in [4.69, 9.17) is 0 Å². The molecule has 0 saturated heterocycles. The number of carbonyl (C=O) groups is 1. The van der Waals surface area contributed by atoms with Crippen LogP contribution in [0.5, 0.6) is 0 Å². The number of carbonyl (C=O) groups excluding carboxylic acids is 1. The van der Waals surface area contributed by atoms with E-state index >= 15 is 0 Å². The molecular weight excluding hydrogens is 324 g/mol. The van der Waals surface area contributed by atoms with Gasteiger partial charge in [-0.2, -0.15) is 0 Å². The van der Waals surface area contributed by atoms with Crippen LogP contribution in [0.4, 0.5) is 0 Å². The summed E-state index contributed by atoms with van der Waals surface area (Å²) in [5.41, 5.74) is 1.93. The molecule has 0 aliphatic rings. The highest BCUT2D eigenvalue weighted by atomic mass is 79.9. The van der Waals surface area contributed by atoms with E-state index in [9.17, 15) is 4.79 Å². The van der Waals surface area contributed by atoms with Crippen LogP contribution in [-0.2, 0) is 11.2 Å². The SMILES string of the molecule is Cc1nc(C(C)NC(=O)Cc2ccc(Br)cc2)cs1. The van der Waals surface area contributed by atoms with Gasteiger partial charge in [-0.25, -0.2) is 4.98 Å². The van der Waals surface area contributed by atoms with Crippen molar-refractivity contribution in [3.8, 4) is 0 Å². The molecule has 1 aromatic carbocycles. The molecule has 0 aliphatic heterocycles. The first kappa shape index (κ1) is 14.2. The Kier molecular flexibility index (Phi) is 4.71. The zero-order valence-electron chi connectivity index (χ0n) is 10.8. The molecule has 5 heteroatoms. The van der Waals surface area contributed by atoms with Gasteiger partial charge in [0.2, 0.25) is 5.91 Å². The maximum absolute atomic E-state index is 11.9. The van der Waals surface area contributed by atoms with Gasteiger partial charge in [-0.3, -0.25) is 4.79 Å². The standard InChI is InChI=1S/C14H15BrN2OS/c1-9(13-8-19-10(2)17-13)16-14(18)7-11-3-5-12(15)6-4-11/h3-6,8-9H,7H2,1-2H3,(H,16,18). The number of rotatable bonds is 4. The molecule has 3 nitrogen and oxygen atoms in total. The predicted molar refractivity (Wildman–Crippen MR) is 81.3 cm³/mol. The van der Waals surface area contributed by atoms with E-state index in [1.807, 2.05) is 43.5 Å². The van der Waals surface area contributed by atoms with Crippen molar-refractivity contribution in [3.63, 3.8) is 0 Å². The normalized spacial score (nSPS) is 12.2. The minimum Gasteiger partial charge on any atom is -0.348 e. The van der Waals surface area contributed by atoms with Crippen molar-refractivity contribution < 1.29 is 4.79 Å². The molecular formula is C14H15BrN2OS. The van der Waals surface area contributed by atoms with E-state index < -0.39 is 0 Å². The van der Waals surface area contributed by atoms with Crippen molar-refractivity contribution in [2.24, 2.45) is 0 Å². The summed E-state index contributed by atoms with van der Waals surface area (Å²) in [5.74, 6) is 0.0143. The summed E-state index contributed by atoms with van der Waals surface area (Å²) >= 11 is 4.97. The number of nitrogens with zero attached hydrogens (tertiary/aromatic N) is 1. The molecule has 0 saturated carbocycles. The number of benzene rings is 1. The summed E-state index contributed by atoms with van der Waals surface area (Å²) in [4.78, 5) is 16.3. The van der Waals surface area contributed by atoms with Gasteiger partial charge in [0.15, 0.2) is 0 Å². The summed E-state index contributed by atoms with van der Waals surface area (Å²) in [6.45, 7) is 3.92. The van der Waals surface area contributed by atoms with Gasteiger partial charge in [0.25, 0.3) is 0 Å². The molecule has 1 N–H and O–H groups in total. The number of aromatic nitrogens is 1. The predicted octanol–water partition coefficient (Wildman–Crippen LogP) is 3.63. The Hall–Kier alpha value is -1.20. The second-order valence-electron chi connectivity index (χ2n) is 4.38. The van der Waals surface area contributed by atoms with Crippen molar-refractivity contribution in [1.82, 2.24) is 10.3 Å². The van der Waals surface area contributed by atoms with Crippen molar-refractivity contribution >= 4 is 33.2 Å². The van der Waals surface area contributed by atoms with Crippen molar-refractivity contribution in [1.29, 1.82) is 0 Å². The van der Waals surface area contributed by atoms with Crippen LogP contribution >= 0.6 is 27.3 Å². The first-order chi connectivity index (χ1) is 9.04. The van der Waals surface area contributed by atoms with Crippen LogP contribution in [0.15, 0.2) is 34.1 Å². The number of amides is 1. The molecule has 0 aliphatic carbocycles. The fourth-order valence-corrected chi connectivity index (χ4v) is 2.70. The van der Waals surface area contributed by atoms with Crippen LogP contribution in [0.1, 0.15) is 29.2 Å². The van der Waals surface area contributed by atoms with Crippen molar-refractivity contribution in [3.05, 3.63) is 50.4 Å². The van der Waals surface area contributed by atoms with E-state index in [0.29, 0.717) is 6.42 Å². The molecule has 0 radical (unpaired) electrons. The van der Waals surface area contributed by atoms with Gasteiger partial charge in [-0.15, -0.1) is 11.3 Å². The number of nitrogens with one attached hydrogen (secondary N) is 1. The Morgan fingerprint density at radius 1 is 1.42 bits per heavy atom. The first-order valence-electron chi connectivity index (χ1n) is 6.00. The van der Waals surface area contributed by atoms with Gasteiger partial charge in [0.1, 0.15) is 0 Å². The van der Waals surface area contributed by atoms with Crippen LogP contribution in [0.3, 0.4) is 0 Å². The smallest absolute Gasteiger partial charge is 0.224 e. The first-order valence-corrected chi connectivity index (χ1v) is 7.67. The quantitative estimate of drug-likeness (QED) is 0.924. The van der Waals surface area contributed by atoms with Crippen LogP contribution in [-0.4, -0.2) is 10.9 Å². The van der Waals surface area contributed by atoms with Gasteiger partial charge in [-0.05, 0) is 31.5 Å². The lowest BCUT2D eigenvalue weighted by atomic mass is 10.1. The van der Waals surface area contributed by atoms with E-state index in [1.165, 1.54) is 0 Å². The molecule has 19 heavy (non-hydrogen) atoms. The van der Waals surface area contributed by atoms with Crippen LogP contribution in [0, 0.1) is 6.92 Å². The van der Waals surface area contributed by atoms with Crippen molar-refractivity contribution in [2.75, 3.05) is 0 Å². The van der Waals surface area contributed by atoms with E-state index in [-0.39, 0.29) is 11.9 Å². The highest BCUT2D eigenvalue weighted by Gasteiger charge is 2.12. The van der Waals surface area contributed by atoms with E-state index in [0.717, 1.165) is 20.7 Å². The monoisotopic (exact) mass is 338 g/mol. The number of halogens is 1. The Morgan fingerprint density at radius 3 is 2.68 bits per heavy atom. The number of aryl methyl sites for hydroxylation is 1. The molecule has 1 atom stereocenters. The maximum Gasteiger partial charge on any atom is 0.224 e. The molecule has 1 unspecified atom stereocenters. The fourth-order valence-electron chi connectivity index (χ4n) is 1.73. The molecule has 2 aromatic rings. The van der Waals surface area contributed by atoms with Gasteiger partial charge in [0.05, 0.1) is 23.2 Å². The van der Waals surface area contributed by atoms with Crippen LogP contribution < -0.4 is 5.32 Å². The van der Waals surface area contributed by atoms with Crippen LogP contribution in [0.2, 0.25) is 0 Å². The third-order valence-corrected chi connectivity index (χ3v) is 4.06. The lowest BCUT2D eigenvalue weighted by molar-refractivity contribution is -0.121. The molecule has 1 amide bonds. The second kappa shape index (κ2) is 6.30. The third-order valence-electron chi connectivity index (χ3n) is 2.74. The molecule has 1 heterocycles. The largest absolute Gasteiger partial charge is 0.348 e. The third kappa shape index (κ3) is 4.14. The number of hydrogen-bond donors (Lipinski definition) is 1. The zero-order valence-corrected chi connectivity index (χ0v) is 13.2. The maximum atomic E-state index is 11.9. The topological polar surface area (TPSA) is 42.0 Å². The fraction of sp³-hybridized carbons (Fsp3) is 0.286. The molecule has 100 valence electrons. The second-order valence-corrected chi connectivity index (χ2v) is 6.36. The van der Waals surface area contributed by atoms with E-state index in [2.05, 4.69) is 26.2 Å². The Balaban J connectivity index is 1.92. The Labute approximate surface area is 125 Å². The Morgan fingerprint density at radius 2 is 2.11 bits per heavy atom. The van der Waals surface area contributed by atoms with E-state index in [1.54, 1.807) is 11.3 Å². The summed E-state index contributed by atoms with van der Waals surface area (Å²) < 4.78 is 1.02. The minimum atomic E-state index is -0.0482. The van der Waals surface area contributed by atoms with Crippen LogP contribution in [0.25, 0.3) is 0 Å². The van der Waals surface area contributed by atoms with Gasteiger partial charge in [-0.1, -0.05) is 28.1 Å². The lowest BCUT2D eigenvalue weighted by Crippen LogP contribution is -2.28. The van der Waals surface area contributed by atoms with Gasteiger partial charge in [0, 0.05) is 9.85 Å². The lowest BCUT2D eigenvalue weighted by Gasteiger charge is -2.11. The summed E-state index contributed by atoms with van der Waals surface area (Å²) in [5, 5.41) is 5.97. The number of hydrogen-bond acceptors (Lipinski definition) is 3. The average molecular weight is 339 g/mol. The summed E-state index contributed by atoms with van der Waals surface area (Å²) in [6, 6.07) is 7.72. The van der Waals surface area contributed by atoms with Gasteiger partial charge < -0.3 is 5.32 Å². The molecule has 0 bridgehead atoms. The molecule has 0 fully saturated rings. The molecule has 0 spiro atoms. The molecule has 2 rings (SSSR count). The Bertz CT molecular complexity index is 565. The zero-order chi connectivity index (χ0) is 13.8. The average Bonchev–Trinajstić information content (AvgIpc) is 2.79. The molecule has 1 aromatic heterocycles. The summed E-state index contributed by atoms with van der Waals surface area (Å²) in [6.07, 6.45) is 0.390. The van der Waals surface area contributed by atoms with Crippen molar-refractivity contribution in [2.45, 2.75) is 26.3 Å².